The zero-order valence-corrected chi connectivity index (χ0v) is 18.4. The predicted octanol–water partition coefficient (Wildman–Crippen LogP) is 2.47. The Morgan fingerprint density at radius 3 is 2.72 bits per heavy atom. The van der Waals surface area contributed by atoms with Crippen LogP contribution in [0, 0.1) is 11.8 Å². The molecule has 2 rings (SSSR count). The number of nitrogens with zero attached hydrogens (tertiary/aromatic N) is 1. The number of likely N-dealkylation sites (tertiary alicyclic amines) is 1. The quantitative estimate of drug-likeness (QED) is 0.631. The van der Waals surface area contributed by atoms with Crippen molar-refractivity contribution in [1.29, 1.82) is 0 Å². The van der Waals surface area contributed by atoms with E-state index >= 15 is 0 Å². The van der Waals surface area contributed by atoms with Crippen LogP contribution < -0.4 is 20.5 Å². The Balaban J connectivity index is 0.00000420. The van der Waals surface area contributed by atoms with E-state index in [1.54, 1.807) is 30.2 Å². The van der Waals surface area contributed by atoms with Crippen molar-refractivity contribution >= 4 is 24.2 Å². The van der Waals surface area contributed by atoms with Crippen molar-refractivity contribution in [2.45, 2.75) is 33.1 Å². The number of rotatable bonds is 9. The number of piperidine rings is 1. The molecule has 0 spiro atoms. The van der Waals surface area contributed by atoms with E-state index in [0.29, 0.717) is 55.8 Å². The van der Waals surface area contributed by atoms with Gasteiger partial charge in [0.15, 0.2) is 11.5 Å². The van der Waals surface area contributed by atoms with Crippen molar-refractivity contribution in [1.82, 2.24) is 10.2 Å². The van der Waals surface area contributed by atoms with Crippen LogP contribution in [0.4, 0.5) is 0 Å². The normalized spacial score (nSPS) is 16.2. The van der Waals surface area contributed by atoms with E-state index in [4.69, 9.17) is 15.2 Å². The van der Waals surface area contributed by atoms with Crippen LogP contribution in [0.5, 0.6) is 11.5 Å². The van der Waals surface area contributed by atoms with Gasteiger partial charge in [-0.15, -0.1) is 12.4 Å². The number of amides is 2. The lowest BCUT2D eigenvalue weighted by molar-refractivity contribution is -0.126. The van der Waals surface area contributed by atoms with Gasteiger partial charge in [-0.3, -0.25) is 9.59 Å². The lowest BCUT2D eigenvalue weighted by Crippen LogP contribution is -2.46. The highest BCUT2D eigenvalue weighted by molar-refractivity contribution is 5.95. The van der Waals surface area contributed by atoms with Gasteiger partial charge in [0.2, 0.25) is 5.91 Å². The topological polar surface area (TPSA) is 93.9 Å². The second-order valence-corrected chi connectivity index (χ2v) is 7.57. The van der Waals surface area contributed by atoms with Crippen LogP contribution in [0.1, 0.15) is 43.5 Å². The Kier molecular flexibility index (Phi) is 10.8. The summed E-state index contributed by atoms with van der Waals surface area (Å²) >= 11 is 0. The molecule has 1 unspecified atom stereocenters. The highest BCUT2D eigenvalue weighted by Gasteiger charge is 2.29. The van der Waals surface area contributed by atoms with E-state index in [1.165, 1.54) is 0 Å². The third-order valence-corrected chi connectivity index (χ3v) is 4.89. The summed E-state index contributed by atoms with van der Waals surface area (Å²) in [6, 6.07) is 5.25. The van der Waals surface area contributed by atoms with Gasteiger partial charge in [-0.05, 0) is 43.4 Å². The number of nitrogens with one attached hydrogen (secondary N) is 1. The number of hydrogen-bond acceptors (Lipinski definition) is 5. The van der Waals surface area contributed by atoms with Gasteiger partial charge in [-0.25, -0.2) is 0 Å². The lowest BCUT2D eigenvalue weighted by atomic mass is 9.96. The Bertz CT molecular complexity index is 669. The average molecular weight is 428 g/mol. The molecule has 29 heavy (non-hydrogen) atoms. The number of nitrogens with two attached hydrogens (primary N) is 1. The summed E-state index contributed by atoms with van der Waals surface area (Å²) < 4.78 is 11.2. The highest BCUT2D eigenvalue weighted by Crippen LogP contribution is 2.29. The molecule has 0 aromatic heterocycles. The monoisotopic (exact) mass is 427 g/mol. The van der Waals surface area contributed by atoms with Gasteiger partial charge in [0.1, 0.15) is 0 Å². The summed E-state index contributed by atoms with van der Waals surface area (Å²) in [7, 11) is 1.57. The molecular formula is C21H34ClN3O4. The van der Waals surface area contributed by atoms with E-state index in [2.05, 4.69) is 19.2 Å². The molecule has 3 N–H and O–H groups in total. The third-order valence-electron chi connectivity index (χ3n) is 4.89. The van der Waals surface area contributed by atoms with E-state index in [0.717, 1.165) is 19.3 Å². The van der Waals surface area contributed by atoms with Gasteiger partial charge in [0.05, 0.1) is 19.6 Å². The maximum atomic E-state index is 12.9. The summed E-state index contributed by atoms with van der Waals surface area (Å²) in [5.74, 6) is 1.42. The van der Waals surface area contributed by atoms with Gasteiger partial charge in [0, 0.05) is 31.7 Å². The fourth-order valence-corrected chi connectivity index (χ4v) is 3.22. The minimum Gasteiger partial charge on any atom is -0.493 e. The van der Waals surface area contributed by atoms with Gasteiger partial charge in [0.25, 0.3) is 5.91 Å². The second-order valence-electron chi connectivity index (χ2n) is 7.57. The minimum absolute atomic E-state index is 0. The lowest BCUT2D eigenvalue weighted by Gasteiger charge is -2.32. The average Bonchev–Trinajstić information content (AvgIpc) is 2.71. The van der Waals surface area contributed by atoms with Gasteiger partial charge in [-0.2, -0.15) is 0 Å². The number of halogens is 1. The summed E-state index contributed by atoms with van der Waals surface area (Å²) in [6.45, 7) is 6.83. The Labute approximate surface area is 179 Å². The van der Waals surface area contributed by atoms with E-state index in [9.17, 15) is 9.59 Å². The first-order chi connectivity index (χ1) is 13.5. The van der Waals surface area contributed by atoms with Crippen molar-refractivity contribution in [3.05, 3.63) is 23.8 Å². The number of ether oxygens (including phenoxy) is 2. The molecule has 1 aliphatic rings. The Hall–Kier alpha value is -1.99. The van der Waals surface area contributed by atoms with E-state index in [-0.39, 0.29) is 30.1 Å². The molecule has 0 saturated carbocycles. The standard InChI is InChI=1S/C21H33N3O4.ClH/c1-15(2)8-12-28-18-7-6-16(13-19(18)27-3)21(26)24-11-4-5-17(14-24)20(25)23-10-9-22;/h6-7,13,15,17H,4-5,8-12,14,22H2,1-3H3,(H,23,25);1H. The van der Waals surface area contributed by atoms with Gasteiger partial charge in [-0.1, -0.05) is 13.8 Å². The highest BCUT2D eigenvalue weighted by atomic mass is 35.5. The molecular weight excluding hydrogens is 394 g/mol. The van der Waals surface area contributed by atoms with Crippen molar-refractivity contribution in [2.24, 2.45) is 17.6 Å². The minimum atomic E-state index is -0.190. The molecule has 1 saturated heterocycles. The zero-order valence-electron chi connectivity index (χ0n) is 17.6. The van der Waals surface area contributed by atoms with Crippen LogP contribution in [0.15, 0.2) is 18.2 Å². The van der Waals surface area contributed by atoms with Crippen molar-refractivity contribution in [3.8, 4) is 11.5 Å². The molecule has 1 heterocycles. The molecule has 7 nitrogen and oxygen atoms in total. The number of carbonyl (C=O) groups is 2. The van der Waals surface area contributed by atoms with Crippen LogP contribution in [0.2, 0.25) is 0 Å². The van der Waals surface area contributed by atoms with Crippen LogP contribution in [0.3, 0.4) is 0 Å². The molecule has 0 bridgehead atoms. The molecule has 2 amide bonds. The molecule has 1 aromatic carbocycles. The van der Waals surface area contributed by atoms with Crippen LogP contribution >= 0.6 is 12.4 Å². The van der Waals surface area contributed by atoms with Crippen LogP contribution in [-0.2, 0) is 4.79 Å². The van der Waals surface area contributed by atoms with Crippen molar-refractivity contribution in [3.63, 3.8) is 0 Å². The molecule has 0 aliphatic carbocycles. The fraction of sp³-hybridized carbons (Fsp3) is 0.619. The summed E-state index contributed by atoms with van der Waals surface area (Å²) in [5.41, 5.74) is 5.98. The van der Waals surface area contributed by atoms with Crippen molar-refractivity contribution in [2.75, 3.05) is 39.9 Å². The van der Waals surface area contributed by atoms with Gasteiger partial charge < -0.3 is 25.4 Å². The molecule has 164 valence electrons. The Morgan fingerprint density at radius 2 is 2.07 bits per heavy atom. The van der Waals surface area contributed by atoms with E-state index in [1.807, 2.05) is 0 Å². The summed E-state index contributed by atoms with van der Waals surface area (Å²) in [6.07, 6.45) is 2.54. The first kappa shape index (κ1) is 25.0. The van der Waals surface area contributed by atoms with Crippen LogP contribution in [-0.4, -0.2) is 56.6 Å². The molecule has 1 aliphatic heterocycles. The predicted molar refractivity (Wildman–Crippen MR) is 116 cm³/mol. The number of hydrogen-bond donors (Lipinski definition) is 2. The number of benzene rings is 1. The Morgan fingerprint density at radius 1 is 1.31 bits per heavy atom. The largest absolute Gasteiger partial charge is 0.493 e. The maximum absolute atomic E-state index is 12.9. The van der Waals surface area contributed by atoms with Crippen LogP contribution in [0.25, 0.3) is 0 Å². The third kappa shape index (κ3) is 7.40. The first-order valence-electron chi connectivity index (χ1n) is 10.0. The molecule has 0 radical (unpaired) electrons. The maximum Gasteiger partial charge on any atom is 0.254 e. The summed E-state index contributed by atoms with van der Waals surface area (Å²) in [4.78, 5) is 26.9. The van der Waals surface area contributed by atoms with Gasteiger partial charge >= 0.3 is 0 Å². The number of carbonyl (C=O) groups excluding carboxylic acids is 2. The SMILES string of the molecule is COc1cc(C(=O)N2CCCC(C(=O)NCCN)C2)ccc1OCCC(C)C.Cl. The molecule has 1 fully saturated rings. The molecule has 1 atom stereocenters. The molecule has 1 aromatic rings. The van der Waals surface area contributed by atoms with E-state index < -0.39 is 0 Å². The fourth-order valence-electron chi connectivity index (χ4n) is 3.22. The summed E-state index contributed by atoms with van der Waals surface area (Å²) in [5, 5.41) is 2.82. The van der Waals surface area contributed by atoms with Crippen molar-refractivity contribution < 1.29 is 19.1 Å². The second kappa shape index (κ2) is 12.5. The number of methoxy groups -OCH3 is 1. The molecule has 8 heteroatoms. The first-order valence-corrected chi connectivity index (χ1v) is 10.0. The smallest absolute Gasteiger partial charge is 0.254 e. The zero-order chi connectivity index (χ0) is 20.5.